The van der Waals surface area contributed by atoms with Gasteiger partial charge in [-0.25, -0.2) is 4.79 Å². The van der Waals surface area contributed by atoms with E-state index in [2.05, 4.69) is 5.32 Å². The average Bonchev–Trinajstić information content (AvgIpc) is 3.27. The van der Waals surface area contributed by atoms with Crippen LogP contribution < -0.4 is 5.32 Å². The molecule has 4 rings (SSSR count). The van der Waals surface area contributed by atoms with Crippen LogP contribution in [0, 0.1) is 13.8 Å². The summed E-state index contributed by atoms with van der Waals surface area (Å²) in [5.74, 6) is -1.22. The lowest BCUT2D eigenvalue weighted by Gasteiger charge is -2.28. The molecule has 0 spiro atoms. The third kappa shape index (κ3) is 4.38. The number of hydrogen-bond acceptors (Lipinski definition) is 5. The summed E-state index contributed by atoms with van der Waals surface area (Å²) in [6.45, 7) is 3.88. The number of nitrogens with one attached hydrogen (secondary N) is 1. The highest BCUT2D eigenvalue weighted by molar-refractivity contribution is 7.13. The van der Waals surface area contributed by atoms with E-state index >= 15 is 0 Å². The first kappa shape index (κ1) is 23.4. The number of thiophene rings is 1. The minimum Gasteiger partial charge on any atom is -0.465 e. The van der Waals surface area contributed by atoms with Gasteiger partial charge in [-0.3, -0.25) is 4.79 Å². The number of methoxy groups -OCH3 is 1. The Morgan fingerprint density at radius 3 is 1.88 bits per heavy atom. The van der Waals surface area contributed by atoms with Crippen molar-refractivity contribution in [2.75, 3.05) is 12.4 Å². The van der Waals surface area contributed by atoms with E-state index in [0.717, 1.165) is 16.7 Å². The van der Waals surface area contributed by atoms with Crippen LogP contribution >= 0.6 is 11.3 Å². The number of hydrogen-bond donors (Lipinski definition) is 2. The molecule has 1 heterocycles. The second-order valence-electron chi connectivity index (χ2n) is 8.11. The average molecular weight is 472 g/mol. The van der Waals surface area contributed by atoms with E-state index < -0.39 is 17.5 Å². The first-order valence-electron chi connectivity index (χ1n) is 10.8. The Morgan fingerprint density at radius 2 is 1.38 bits per heavy atom. The molecule has 1 aromatic heterocycles. The molecular weight excluding hydrogens is 446 g/mol. The highest BCUT2D eigenvalue weighted by Crippen LogP contribution is 2.39. The minimum atomic E-state index is -1.98. The molecule has 0 aliphatic heterocycles. The van der Waals surface area contributed by atoms with E-state index in [4.69, 9.17) is 4.74 Å². The van der Waals surface area contributed by atoms with Crippen molar-refractivity contribution < 1.29 is 19.4 Å². The molecule has 0 atom stereocenters. The largest absolute Gasteiger partial charge is 0.465 e. The zero-order valence-electron chi connectivity index (χ0n) is 19.2. The summed E-state index contributed by atoms with van der Waals surface area (Å²) in [4.78, 5) is 26.6. The van der Waals surface area contributed by atoms with Gasteiger partial charge in [0, 0.05) is 10.9 Å². The molecule has 4 aromatic rings. The van der Waals surface area contributed by atoms with Gasteiger partial charge in [0.15, 0.2) is 5.60 Å². The van der Waals surface area contributed by atoms with Gasteiger partial charge in [-0.15, -0.1) is 11.3 Å². The van der Waals surface area contributed by atoms with Crippen molar-refractivity contribution in [3.63, 3.8) is 0 Å². The van der Waals surface area contributed by atoms with Crippen LogP contribution in [0.4, 0.5) is 5.69 Å². The maximum Gasteiger partial charge on any atom is 0.350 e. The lowest BCUT2D eigenvalue weighted by atomic mass is 9.84. The summed E-state index contributed by atoms with van der Waals surface area (Å²) in [6, 6.07) is 23.8. The monoisotopic (exact) mass is 471 g/mol. The lowest BCUT2D eigenvalue weighted by molar-refractivity contribution is -0.131. The molecule has 34 heavy (non-hydrogen) atoms. The molecule has 6 heteroatoms. The van der Waals surface area contributed by atoms with Crippen molar-refractivity contribution in [1.82, 2.24) is 0 Å². The van der Waals surface area contributed by atoms with Crippen LogP contribution in [-0.4, -0.2) is 24.1 Å². The Bertz CT molecular complexity index is 1260. The van der Waals surface area contributed by atoms with Crippen molar-refractivity contribution in [2.24, 2.45) is 0 Å². The topological polar surface area (TPSA) is 75.6 Å². The molecule has 0 bridgehead atoms. The molecule has 1 amide bonds. The molecule has 0 unspecified atom stereocenters. The third-order valence-electron chi connectivity index (χ3n) is 5.75. The van der Waals surface area contributed by atoms with Crippen LogP contribution in [0.25, 0.3) is 11.1 Å². The fourth-order valence-corrected chi connectivity index (χ4v) is 4.73. The van der Waals surface area contributed by atoms with E-state index in [1.54, 1.807) is 29.6 Å². The first-order valence-corrected chi connectivity index (χ1v) is 11.7. The standard InChI is InChI=1S/C28H25NO4S/c1-18-9-13-21(14-10-18)28(32,22-15-11-19(2)12-16-22)27(31)29-24-23(20-7-5-4-6-8-20)17-34-25(24)26(30)33-3/h4-17,32H,1-3H3,(H,29,31). The van der Waals surface area contributed by atoms with Crippen molar-refractivity contribution in [3.8, 4) is 11.1 Å². The van der Waals surface area contributed by atoms with E-state index in [1.807, 2.05) is 68.4 Å². The molecule has 0 radical (unpaired) electrons. The van der Waals surface area contributed by atoms with E-state index in [1.165, 1.54) is 18.4 Å². The Hall–Kier alpha value is -3.74. The number of anilines is 1. The minimum absolute atomic E-state index is 0.255. The molecule has 0 aliphatic rings. The number of aryl methyl sites for hydroxylation is 2. The number of aliphatic hydroxyl groups is 1. The van der Waals surface area contributed by atoms with Gasteiger partial charge < -0.3 is 15.2 Å². The SMILES string of the molecule is COC(=O)c1scc(-c2ccccc2)c1NC(=O)C(O)(c1ccc(C)cc1)c1ccc(C)cc1. The predicted octanol–water partition coefficient (Wildman–Crippen LogP) is 5.69. The molecule has 0 saturated carbocycles. The van der Waals surface area contributed by atoms with Gasteiger partial charge in [0.25, 0.3) is 5.91 Å². The van der Waals surface area contributed by atoms with E-state index in [9.17, 15) is 14.7 Å². The molecule has 3 aromatic carbocycles. The van der Waals surface area contributed by atoms with E-state index in [-0.39, 0.29) is 4.88 Å². The highest BCUT2D eigenvalue weighted by Gasteiger charge is 2.41. The van der Waals surface area contributed by atoms with Crippen molar-refractivity contribution in [2.45, 2.75) is 19.4 Å². The lowest BCUT2D eigenvalue weighted by Crippen LogP contribution is -2.41. The number of amides is 1. The van der Waals surface area contributed by atoms with Crippen molar-refractivity contribution in [1.29, 1.82) is 0 Å². The Labute approximate surface area is 202 Å². The molecule has 2 N–H and O–H groups in total. The van der Waals surface area contributed by atoms with Gasteiger partial charge in [0.2, 0.25) is 0 Å². The van der Waals surface area contributed by atoms with Crippen LogP contribution in [0.5, 0.6) is 0 Å². The molecule has 5 nitrogen and oxygen atoms in total. The fraction of sp³-hybridized carbons (Fsp3) is 0.143. The molecule has 172 valence electrons. The van der Waals surface area contributed by atoms with Gasteiger partial charge in [0.05, 0.1) is 12.8 Å². The summed E-state index contributed by atoms with van der Waals surface area (Å²) in [7, 11) is 1.30. The summed E-state index contributed by atoms with van der Waals surface area (Å²) < 4.78 is 4.95. The molecule has 0 saturated heterocycles. The van der Waals surface area contributed by atoms with Crippen LogP contribution in [0.1, 0.15) is 31.9 Å². The number of rotatable bonds is 6. The van der Waals surface area contributed by atoms with Crippen LogP contribution in [0.15, 0.2) is 84.2 Å². The second kappa shape index (κ2) is 9.63. The second-order valence-corrected chi connectivity index (χ2v) is 8.99. The molecule has 0 aliphatic carbocycles. The summed E-state index contributed by atoms with van der Waals surface area (Å²) in [5, 5.41) is 16.6. The summed E-state index contributed by atoms with van der Waals surface area (Å²) in [5.41, 5.74) is 2.70. The van der Waals surface area contributed by atoms with Crippen LogP contribution in [0.2, 0.25) is 0 Å². The van der Waals surface area contributed by atoms with Gasteiger partial charge in [-0.05, 0) is 30.5 Å². The summed E-state index contributed by atoms with van der Waals surface area (Å²) >= 11 is 1.18. The molecule has 0 fully saturated rings. The number of benzene rings is 3. The van der Waals surface area contributed by atoms with Crippen LogP contribution in [0.3, 0.4) is 0 Å². The van der Waals surface area contributed by atoms with Crippen molar-refractivity contribution in [3.05, 3.63) is 111 Å². The van der Waals surface area contributed by atoms with Gasteiger partial charge in [-0.1, -0.05) is 90.0 Å². The molecular formula is C28H25NO4S. The maximum atomic E-state index is 13.8. The Kier molecular flexibility index (Phi) is 6.63. The van der Waals surface area contributed by atoms with Gasteiger partial charge in [-0.2, -0.15) is 0 Å². The van der Waals surface area contributed by atoms with E-state index in [0.29, 0.717) is 22.4 Å². The van der Waals surface area contributed by atoms with Gasteiger partial charge >= 0.3 is 5.97 Å². The fourth-order valence-electron chi connectivity index (χ4n) is 3.78. The smallest absolute Gasteiger partial charge is 0.350 e. The highest BCUT2D eigenvalue weighted by atomic mass is 32.1. The zero-order chi connectivity index (χ0) is 24.3. The van der Waals surface area contributed by atoms with Crippen LogP contribution in [-0.2, 0) is 15.1 Å². The van der Waals surface area contributed by atoms with Crippen molar-refractivity contribution >= 4 is 28.9 Å². The zero-order valence-corrected chi connectivity index (χ0v) is 20.0. The number of esters is 1. The Balaban J connectivity index is 1.84. The summed E-state index contributed by atoms with van der Waals surface area (Å²) in [6.07, 6.45) is 0. The number of carbonyl (C=O) groups excluding carboxylic acids is 2. The third-order valence-corrected chi connectivity index (χ3v) is 6.71. The number of ether oxygens (including phenoxy) is 1. The first-order chi connectivity index (χ1) is 16.3. The predicted molar refractivity (Wildman–Crippen MR) is 135 cm³/mol. The maximum absolute atomic E-state index is 13.8. The quantitative estimate of drug-likeness (QED) is 0.354. The van der Waals surface area contributed by atoms with Gasteiger partial charge in [0.1, 0.15) is 4.88 Å². The number of carbonyl (C=O) groups is 2. The normalized spacial score (nSPS) is 11.2. The Morgan fingerprint density at radius 1 is 0.853 bits per heavy atom.